The lowest BCUT2D eigenvalue weighted by Crippen LogP contribution is -2.61. The van der Waals surface area contributed by atoms with E-state index in [1.54, 1.807) is 0 Å². The first-order valence-corrected chi connectivity index (χ1v) is 8.11. The van der Waals surface area contributed by atoms with Gasteiger partial charge in [-0.25, -0.2) is 0 Å². The van der Waals surface area contributed by atoms with E-state index >= 15 is 0 Å². The van der Waals surface area contributed by atoms with Gasteiger partial charge in [0.1, 0.15) is 0 Å². The molecular formula is C16H32N2. The minimum absolute atomic E-state index is 0.313. The SMILES string of the molecule is CCCCN(C1CC1)C1(CN)CC(C)CCC1C. The summed E-state index contributed by atoms with van der Waals surface area (Å²) in [5.74, 6) is 1.63. The van der Waals surface area contributed by atoms with Crippen LogP contribution in [0.1, 0.15) is 65.7 Å². The predicted octanol–water partition coefficient (Wildman–Crippen LogP) is 3.40. The standard InChI is InChI=1S/C16H32N2/c1-4-5-10-18(15-8-9-15)16(12-17)11-13(2)6-7-14(16)3/h13-15H,4-12,17H2,1-3H3. The summed E-state index contributed by atoms with van der Waals surface area (Å²) in [7, 11) is 0. The van der Waals surface area contributed by atoms with Crippen LogP contribution in [0.2, 0.25) is 0 Å². The molecule has 18 heavy (non-hydrogen) atoms. The molecule has 0 aromatic heterocycles. The second kappa shape index (κ2) is 5.92. The van der Waals surface area contributed by atoms with Gasteiger partial charge in [0.2, 0.25) is 0 Å². The maximum Gasteiger partial charge on any atom is 0.0362 e. The van der Waals surface area contributed by atoms with Crippen LogP contribution in [0.4, 0.5) is 0 Å². The Bertz CT molecular complexity index is 262. The lowest BCUT2D eigenvalue weighted by molar-refractivity contribution is -0.0109. The number of nitrogens with zero attached hydrogens (tertiary/aromatic N) is 1. The number of rotatable bonds is 6. The van der Waals surface area contributed by atoms with E-state index < -0.39 is 0 Å². The summed E-state index contributed by atoms with van der Waals surface area (Å²) in [4.78, 5) is 2.83. The maximum atomic E-state index is 6.29. The number of hydrogen-bond donors (Lipinski definition) is 1. The van der Waals surface area contributed by atoms with Gasteiger partial charge in [0.15, 0.2) is 0 Å². The average Bonchev–Trinajstić information content (AvgIpc) is 3.18. The van der Waals surface area contributed by atoms with Crippen LogP contribution in [0, 0.1) is 11.8 Å². The van der Waals surface area contributed by atoms with Gasteiger partial charge in [-0.3, -0.25) is 4.90 Å². The first kappa shape index (κ1) is 14.3. The monoisotopic (exact) mass is 252 g/mol. The molecule has 2 nitrogen and oxygen atoms in total. The Balaban J connectivity index is 2.15. The normalized spacial score (nSPS) is 37.2. The fourth-order valence-electron chi connectivity index (χ4n) is 4.00. The Morgan fingerprint density at radius 2 is 1.89 bits per heavy atom. The van der Waals surface area contributed by atoms with Crippen LogP contribution < -0.4 is 5.73 Å². The van der Waals surface area contributed by atoms with Crippen molar-refractivity contribution in [1.82, 2.24) is 4.90 Å². The molecule has 2 rings (SSSR count). The molecule has 3 unspecified atom stereocenters. The Kier molecular flexibility index (Phi) is 4.71. The summed E-state index contributed by atoms with van der Waals surface area (Å²) in [5, 5.41) is 0. The molecule has 0 spiro atoms. The smallest absolute Gasteiger partial charge is 0.0362 e. The fourth-order valence-corrected chi connectivity index (χ4v) is 4.00. The predicted molar refractivity (Wildman–Crippen MR) is 78.6 cm³/mol. The van der Waals surface area contributed by atoms with E-state index in [1.165, 1.54) is 51.5 Å². The van der Waals surface area contributed by atoms with Crippen molar-refractivity contribution in [1.29, 1.82) is 0 Å². The molecule has 0 aliphatic heterocycles. The molecule has 0 bridgehead atoms. The van der Waals surface area contributed by atoms with E-state index in [9.17, 15) is 0 Å². The zero-order valence-electron chi connectivity index (χ0n) is 12.6. The average molecular weight is 252 g/mol. The lowest BCUT2D eigenvalue weighted by Gasteiger charge is -2.52. The van der Waals surface area contributed by atoms with Crippen molar-refractivity contribution in [3.8, 4) is 0 Å². The van der Waals surface area contributed by atoms with Crippen LogP contribution in [0.5, 0.6) is 0 Å². The topological polar surface area (TPSA) is 29.3 Å². The molecule has 0 radical (unpaired) electrons. The van der Waals surface area contributed by atoms with Crippen molar-refractivity contribution in [3.63, 3.8) is 0 Å². The Morgan fingerprint density at radius 3 is 2.44 bits per heavy atom. The molecule has 2 saturated carbocycles. The van der Waals surface area contributed by atoms with Crippen LogP contribution in [0.15, 0.2) is 0 Å². The van der Waals surface area contributed by atoms with Gasteiger partial charge in [0, 0.05) is 18.1 Å². The maximum absolute atomic E-state index is 6.29. The number of hydrogen-bond acceptors (Lipinski definition) is 2. The second-order valence-electron chi connectivity index (χ2n) is 6.87. The fraction of sp³-hybridized carbons (Fsp3) is 1.00. The molecule has 2 aliphatic rings. The number of unbranched alkanes of at least 4 members (excludes halogenated alkanes) is 1. The van der Waals surface area contributed by atoms with Gasteiger partial charge in [0.05, 0.1) is 0 Å². The summed E-state index contributed by atoms with van der Waals surface area (Å²) in [5.41, 5.74) is 6.60. The van der Waals surface area contributed by atoms with Crippen LogP contribution >= 0.6 is 0 Å². The highest BCUT2D eigenvalue weighted by Crippen LogP contribution is 2.45. The third-order valence-electron chi connectivity index (χ3n) is 5.38. The van der Waals surface area contributed by atoms with E-state index in [1.807, 2.05) is 0 Å². The zero-order chi connectivity index (χ0) is 13.2. The van der Waals surface area contributed by atoms with E-state index in [0.717, 1.165) is 24.4 Å². The summed E-state index contributed by atoms with van der Waals surface area (Å²) in [6.45, 7) is 9.29. The molecule has 0 aromatic carbocycles. The van der Waals surface area contributed by atoms with E-state index in [2.05, 4.69) is 25.7 Å². The molecule has 0 aromatic rings. The third-order valence-corrected chi connectivity index (χ3v) is 5.38. The molecule has 2 N–H and O–H groups in total. The van der Waals surface area contributed by atoms with Gasteiger partial charge < -0.3 is 5.73 Å². The highest BCUT2D eigenvalue weighted by molar-refractivity contribution is 5.04. The van der Waals surface area contributed by atoms with Crippen LogP contribution in [0.25, 0.3) is 0 Å². The molecule has 3 atom stereocenters. The molecule has 0 heterocycles. The third kappa shape index (κ3) is 2.75. The second-order valence-corrected chi connectivity index (χ2v) is 6.87. The molecule has 106 valence electrons. The first-order chi connectivity index (χ1) is 8.64. The van der Waals surface area contributed by atoms with Crippen LogP contribution in [-0.4, -0.2) is 29.6 Å². The highest BCUT2D eigenvalue weighted by atomic mass is 15.3. The first-order valence-electron chi connectivity index (χ1n) is 8.11. The summed E-state index contributed by atoms with van der Waals surface area (Å²) in [6.07, 6.45) is 9.54. The molecule has 0 amide bonds. The van der Waals surface area contributed by atoms with Gasteiger partial charge in [-0.05, 0) is 50.5 Å². The highest BCUT2D eigenvalue weighted by Gasteiger charge is 2.48. The van der Waals surface area contributed by atoms with Gasteiger partial charge in [0.25, 0.3) is 0 Å². The van der Waals surface area contributed by atoms with Crippen LogP contribution in [0.3, 0.4) is 0 Å². The van der Waals surface area contributed by atoms with Crippen molar-refractivity contribution in [3.05, 3.63) is 0 Å². The van der Waals surface area contributed by atoms with Crippen molar-refractivity contribution >= 4 is 0 Å². The summed E-state index contributed by atoms with van der Waals surface area (Å²) in [6, 6.07) is 0.854. The van der Waals surface area contributed by atoms with Gasteiger partial charge in [-0.1, -0.05) is 33.6 Å². The van der Waals surface area contributed by atoms with Gasteiger partial charge in [-0.2, -0.15) is 0 Å². The molecule has 2 fully saturated rings. The minimum Gasteiger partial charge on any atom is -0.329 e. The summed E-state index contributed by atoms with van der Waals surface area (Å²) < 4.78 is 0. The molecule has 0 saturated heterocycles. The van der Waals surface area contributed by atoms with Crippen molar-refractivity contribution in [2.45, 2.75) is 77.3 Å². The Hall–Kier alpha value is -0.0800. The van der Waals surface area contributed by atoms with E-state index in [0.29, 0.717) is 5.54 Å². The zero-order valence-corrected chi connectivity index (χ0v) is 12.6. The van der Waals surface area contributed by atoms with Crippen LogP contribution in [-0.2, 0) is 0 Å². The van der Waals surface area contributed by atoms with Gasteiger partial charge in [-0.15, -0.1) is 0 Å². The van der Waals surface area contributed by atoms with Crippen molar-refractivity contribution < 1.29 is 0 Å². The largest absolute Gasteiger partial charge is 0.329 e. The van der Waals surface area contributed by atoms with E-state index in [4.69, 9.17) is 5.73 Å². The molecular weight excluding hydrogens is 220 g/mol. The van der Waals surface area contributed by atoms with Crippen molar-refractivity contribution in [2.75, 3.05) is 13.1 Å². The van der Waals surface area contributed by atoms with E-state index in [-0.39, 0.29) is 0 Å². The molecule has 2 aliphatic carbocycles. The quantitative estimate of drug-likeness (QED) is 0.785. The molecule has 2 heteroatoms. The van der Waals surface area contributed by atoms with Gasteiger partial charge >= 0.3 is 0 Å². The number of nitrogens with two attached hydrogens (primary N) is 1. The Labute approximate surface area is 113 Å². The lowest BCUT2D eigenvalue weighted by atomic mass is 9.68. The summed E-state index contributed by atoms with van der Waals surface area (Å²) >= 11 is 0. The minimum atomic E-state index is 0.313. The van der Waals surface area contributed by atoms with Crippen molar-refractivity contribution in [2.24, 2.45) is 17.6 Å². The Morgan fingerprint density at radius 1 is 1.17 bits per heavy atom.